The summed E-state index contributed by atoms with van der Waals surface area (Å²) in [6.07, 6.45) is 6.47. The Labute approximate surface area is 105 Å². The molecule has 1 N–H and O–H groups in total. The third-order valence-electron chi connectivity index (χ3n) is 2.36. The van der Waals surface area contributed by atoms with Gasteiger partial charge < -0.3 is 9.72 Å². The second-order valence-electron chi connectivity index (χ2n) is 3.60. The van der Waals surface area contributed by atoms with Crippen molar-refractivity contribution >= 4 is 11.9 Å². The minimum absolute atomic E-state index is 0.101. The number of benzene rings is 1. The zero-order valence-electron chi connectivity index (χ0n) is 10.1. The number of ketones is 1. The van der Waals surface area contributed by atoms with Crippen LogP contribution in [-0.4, -0.2) is 22.4 Å². The molecule has 18 heavy (non-hydrogen) atoms. The second-order valence-corrected chi connectivity index (χ2v) is 3.60. The zero-order valence-corrected chi connectivity index (χ0v) is 10.1. The number of para-hydroxylation sites is 1. The van der Waals surface area contributed by atoms with Gasteiger partial charge in [0.25, 0.3) is 0 Å². The van der Waals surface area contributed by atoms with Gasteiger partial charge in [-0.25, -0.2) is 4.98 Å². The fourth-order valence-corrected chi connectivity index (χ4v) is 1.56. The highest BCUT2D eigenvalue weighted by Gasteiger charge is 2.08. The molecule has 4 heteroatoms. The Hall–Kier alpha value is -2.36. The van der Waals surface area contributed by atoms with E-state index in [2.05, 4.69) is 9.97 Å². The van der Waals surface area contributed by atoms with Crippen molar-refractivity contribution in [3.63, 3.8) is 0 Å². The van der Waals surface area contributed by atoms with E-state index in [1.807, 2.05) is 19.1 Å². The highest BCUT2D eigenvalue weighted by Crippen LogP contribution is 2.19. The first-order chi connectivity index (χ1) is 8.81. The van der Waals surface area contributed by atoms with Gasteiger partial charge in [-0.15, -0.1) is 0 Å². The number of nitrogens with zero attached hydrogens (tertiary/aromatic N) is 1. The van der Waals surface area contributed by atoms with E-state index in [0.29, 0.717) is 23.7 Å². The number of carbonyl (C=O) groups excluding carboxylic acids is 1. The fourth-order valence-electron chi connectivity index (χ4n) is 1.56. The van der Waals surface area contributed by atoms with Crippen LogP contribution in [0.2, 0.25) is 0 Å². The van der Waals surface area contributed by atoms with Gasteiger partial charge in [-0.05, 0) is 31.2 Å². The molecule has 0 saturated heterocycles. The first-order valence-electron chi connectivity index (χ1n) is 5.75. The molecule has 0 radical (unpaired) electrons. The Kier molecular flexibility index (Phi) is 3.91. The van der Waals surface area contributed by atoms with Crippen LogP contribution in [0.1, 0.15) is 23.1 Å². The number of nitrogens with one attached hydrogen (secondary N) is 1. The van der Waals surface area contributed by atoms with Gasteiger partial charge >= 0.3 is 0 Å². The summed E-state index contributed by atoms with van der Waals surface area (Å²) >= 11 is 0. The molecular formula is C14H14N2O2. The van der Waals surface area contributed by atoms with Gasteiger partial charge in [-0.2, -0.15) is 0 Å². The molecule has 4 nitrogen and oxygen atoms in total. The molecule has 1 aromatic heterocycles. The predicted octanol–water partition coefficient (Wildman–Crippen LogP) is 2.70. The van der Waals surface area contributed by atoms with Crippen LogP contribution in [-0.2, 0) is 0 Å². The largest absolute Gasteiger partial charge is 0.493 e. The summed E-state index contributed by atoms with van der Waals surface area (Å²) in [7, 11) is 0. The van der Waals surface area contributed by atoms with Gasteiger partial charge in [-0.1, -0.05) is 12.1 Å². The molecule has 0 spiro atoms. The minimum atomic E-state index is -0.101. The summed E-state index contributed by atoms with van der Waals surface area (Å²) < 4.78 is 5.42. The van der Waals surface area contributed by atoms with E-state index in [0.717, 1.165) is 0 Å². The monoisotopic (exact) mass is 242 g/mol. The summed E-state index contributed by atoms with van der Waals surface area (Å²) in [6.45, 7) is 2.42. The molecule has 0 bridgehead atoms. The Morgan fingerprint density at radius 2 is 2.28 bits per heavy atom. The summed E-state index contributed by atoms with van der Waals surface area (Å²) in [5, 5.41) is 0. The molecule has 0 amide bonds. The van der Waals surface area contributed by atoms with Crippen molar-refractivity contribution in [2.45, 2.75) is 6.92 Å². The van der Waals surface area contributed by atoms with Crippen LogP contribution in [0.3, 0.4) is 0 Å². The van der Waals surface area contributed by atoms with Crippen LogP contribution in [0, 0.1) is 0 Å². The Balaban J connectivity index is 2.18. The average Bonchev–Trinajstić information content (AvgIpc) is 2.90. The van der Waals surface area contributed by atoms with E-state index < -0.39 is 0 Å². The second kappa shape index (κ2) is 5.82. The van der Waals surface area contributed by atoms with E-state index >= 15 is 0 Å². The first kappa shape index (κ1) is 12.1. The zero-order chi connectivity index (χ0) is 12.8. The van der Waals surface area contributed by atoms with Gasteiger partial charge in [0.05, 0.1) is 12.2 Å². The summed E-state index contributed by atoms with van der Waals surface area (Å²) in [5.41, 5.74) is 0.558. The molecule has 1 heterocycles. The van der Waals surface area contributed by atoms with Crippen LogP contribution in [0.4, 0.5) is 0 Å². The minimum Gasteiger partial charge on any atom is -0.493 e. The lowest BCUT2D eigenvalue weighted by Crippen LogP contribution is -2.01. The summed E-state index contributed by atoms with van der Waals surface area (Å²) in [5.74, 6) is 1.15. The molecule has 0 aliphatic carbocycles. The molecule has 0 fully saturated rings. The van der Waals surface area contributed by atoms with Gasteiger partial charge in [0.15, 0.2) is 5.78 Å². The molecule has 0 saturated carbocycles. The lowest BCUT2D eigenvalue weighted by molar-refractivity contribution is 0.104. The maximum Gasteiger partial charge on any atom is 0.189 e. The number of carbonyl (C=O) groups is 1. The molecule has 0 atom stereocenters. The first-order valence-corrected chi connectivity index (χ1v) is 5.75. The van der Waals surface area contributed by atoms with Crippen molar-refractivity contribution in [2.24, 2.45) is 0 Å². The van der Waals surface area contributed by atoms with Crippen LogP contribution in [0.25, 0.3) is 6.08 Å². The van der Waals surface area contributed by atoms with Crippen molar-refractivity contribution in [3.05, 3.63) is 54.1 Å². The standard InChI is InChI=1S/C14H14N2O2/c1-2-18-13-6-4-3-5-11(13)12(17)7-8-14-15-9-10-16-14/h3-10H,2H2,1H3,(H,15,16). The van der Waals surface area contributed by atoms with Crippen LogP contribution < -0.4 is 4.74 Å². The third-order valence-corrected chi connectivity index (χ3v) is 2.36. The highest BCUT2D eigenvalue weighted by molar-refractivity contribution is 6.08. The fraction of sp³-hybridized carbons (Fsp3) is 0.143. The van der Waals surface area contributed by atoms with Crippen molar-refractivity contribution in [1.29, 1.82) is 0 Å². The molecule has 92 valence electrons. The number of rotatable bonds is 5. The number of aromatic amines is 1. The lowest BCUT2D eigenvalue weighted by Gasteiger charge is -2.06. The van der Waals surface area contributed by atoms with Crippen molar-refractivity contribution in [3.8, 4) is 5.75 Å². The van der Waals surface area contributed by atoms with Crippen molar-refractivity contribution < 1.29 is 9.53 Å². The Morgan fingerprint density at radius 3 is 3.00 bits per heavy atom. The maximum absolute atomic E-state index is 12.0. The molecule has 0 aliphatic rings. The maximum atomic E-state index is 12.0. The van der Waals surface area contributed by atoms with Crippen molar-refractivity contribution in [2.75, 3.05) is 6.61 Å². The number of hydrogen-bond donors (Lipinski definition) is 1. The van der Waals surface area contributed by atoms with E-state index in [1.165, 1.54) is 6.08 Å². The van der Waals surface area contributed by atoms with E-state index in [4.69, 9.17) is 4.74 Å². The molecular weight excluding hydrogens is 228 g/mol. The van der Waals surface area contributed by atoms with Crippen molar-refractivity contribution in [1.82, 2.24) is 9.97 Å². The summed E-state index contributed by atoms with van der Waals surface area (Å²) in [4.78, 5) is 18.9. The molecule has 0 unspecified atom stereocenters. The SMILES string of the molecule is CCOc1ccccc1C(=O)C=Cc1ncc[nH]1. The Morgan fingerprint density at radius 1 is 1.44 bits per heavy atom. The van der Waals surface area contributed by atoms with Gasteiger partial charge in [-0.3, -0.25) is 4.79 Å². The average molecular weight is 242 g/mol. The van der Waals surface area contributed by atoms with Crippen LogP contribution in [0.15, 0.2) is 42.7 Å². The molecule has 0 aliphatic heterocycles. The van der Waals surface area contributed by atoms with Gasteiger partial charge in [0, 0.05) is 12.4 Å². The quantitative estimate of drug-likeness (QED) is 0.648. The van der Waals surface area contributed by atoms with Crippen LogP contribution in [0.5, 0.6) is 5.75 Å². The topological polar surface area (TPSA) is 55.0 Å². The number of allylic oxidation sites excluding steroid dienone is 1. The van der Waals surface area contributed by atoms with Gasteiger partial charge in [0.2, 0.25) is 0 Å². The molecule has 2 aromatic rings. The number of hydrogen-bond acceptors (Lipinski definition) is 3. The smallest absolute Gasteiger partial charge is 0.189 e. The summed E-state index contributed by atoms with van der Waals surface area (Å²) in [6, 6.07) is 7.20. The Bertz CT molecular complexity index is 545. The highest BCUT2D eigenvalue weighted by atomic mass is 16.5. The van der Waals surface area contributed by atoms with E-state index in [1.54, 1.807) is 30.6 Å². The molecule has 1 aromatic carbocycles. The predicted molar refractivity (Wildman–Crippen MR) is 69.6 cm³/mol. The number of imidazole rings is 1. The normalized spacial score (nSPS) is 10.7. The number of H-pyrrole nitrogens is 1. The van der Waals surface area contributed by atoms with Crippen LogP contribution >= 0.6 is 0 Å². The lowest BCUT2D eigenvalue weighted by atomic mass is 10.1. The van der Waals surface area contributed by atoms with Gasteiger partial charge in [0.1, 0.15) is 11.6 Å². The van der Waals surface area contributed by atoms with E-state index in [-0.39, 0.29) is 5.78 Å². The number of aromatic nitrogens is 2. The third kappa shape index (κ3) is 2.85. The molecule has 2 rings (SSSR count). The van der Waals surface area contributed by atoms with E-state index in [9.17, 15) is 4.79 Å². The number of ether oxygens (including phenoxy) is 1.